The van der Waals surface area contributed by atoms with Gasteiger partial charge in [-0.15, -0.1) is 23.1 Å². The lowest BCUT2D eigenvalue weighted by Crippen LogP contribution is -2.74. The van der Waals surface area contributed by atoms with Crippen molar-refractivity contribution < 1.29 is 28.6 Å². The van der Waals surface area contributed by atoms with Gasteiger partial charge in [-0.2, -0.15) is 0 Å². The van der Waals surface area contributed by atoms with Crippen LogP contribution in [-0.4, -0.2) is 59.6 Å². The minimum atomic E-state index is -1.03. The van der Waals surface area contributed by atoms with Crippen LogP contribution in [0.4, 0.5) is 0 Å². The number of nitrogens with zero attached hydrogens (tertiary/aromatic N) is 1. The van der Waals surface area contributed by atoms with Gasteiger partial charge in [-0.25, -0.2) is 4.79 Å². The van der Waals surface area contributed by atoms with Crippen molar-refractivity contribution >= 4 is 40.9 Å². The fourth-order valence-corrected chi connectivity index (χ4v) is 6.90. The molecule has 1 aromatic heterocycles. The highest BCUT2D eigenvalue weighted by Gasteiger charge is 2.57. The zero-order valence-corrected chi connectivity index (χ0v) is 22.4. The van der Waals surface area contributed by atoms with Gasteiger partial charge in [0, 0.05) is 10.5 Å². The molecule has 3 aromatic rings. The summed E-state index contributed by atoms with van der Waals surface area (Å²) < 4.78 is 17.6. The Morgan fingerprint density at radius 2 is 1.64 bits per heavy atom. The molecule has 0 bridgehead atoms. The number of fused-ring (bicyclic) bond motifs is 1. The van der Waals surface area contributed by atoms with Crippen molar-refractivity contribution in [1.82, 2.24) is 10.2 Å². The molecule has 200 valence electrons. The molecule has 6 rings (SSSR count). The predicted octanol–water partition coefficient (Wildman–Crippen LogP) is 3.65. The van der Waals surface area contributed by atoms with Gasteiger partial charge in [0.25, 0.3) is 0 Å². The molecule has 2 aromatic carbocycles. The Hall–Kier alpha value is -3.44. The zero-order chi connectivity index (χ0) is 26.8. The first kappa shape index (κ1) is 25.8. The van der Waals surface area contributed by atoms with Crippen molar-refractivity contribution in [2.24, 2.45) is 0 Å². The zero-order valence-electron chi connectivity index (χ0n) is 20.8. The number of β-lactam (4-membered cyclic amide) rings is 1. The summed E-state index contributed by atoms with van der Waals surface area (Å²) >= 11 is 2.85. The van der Waals surface area contributed by atoms with Gasteiger partial charge in [-0.05, 0) is 28.0 Å². The summed E-state index contributed by atoms with van der Waals surface area (Å²) in [4.78, 5) is 42.4. The number of carbonyl (C=O) groups excluding carboxylic acids is 3. The maximum Gasteiger partial charge on any atom is 0.334 e. The molecule has 2 fully saturated rings. The summed E-state index contributed by atoms with van der Waals surface area (Å²) in [6, 6.07) is 21.0. The fraction of sp³-hybridized carbons (Fsp3) is 0.276. The van der Waals surface area contributed by atoms with Crippen LogP contribution in [-0.2, 0) is 35.0 Å². The molecule has 4 heterocycles. The second-order valence-electron chi connectivity index (χ2n) is 9.31. The minimum absolute atomic E-state index is 0.199. The van der Waals surface area contributed by atoms with E-state index >= 15 is 0 Å². The minimum Gasteiger partial charge on any atom is -0.451 e. The van der Waals surface area contributed by atoms with Gasteiger partial charge >= 0.3 is 5.97 Å². The van der Waals surface area contributed by atoms with Gasteiger partial charge in [-0.3, -0.25) is 9.59 Å². The highest BCUT2D eigenvalue weighted by atomic mass is 32.2. The lowest BCUT2D eigenvalue weighted by molar-refractivity contribution is -0.167. The first-order chi connectivity index (χ1) is 19.1. The maximum atomic E-state index is 13.9. The van der Waals surface area contributed by atoms with E-state index in [4.69, 9.17) is 14.2 Å². The molecule has 3 aliphatic heterocycles. The first-order valence-electron chi connectivity index (χ1n) is 12.6. The molecule has 10 heteroatoms. The highest BCUT2D eigenvalue weighted by Crippen LogP contribution is 2.43. The van der Waals surface area contributed by atoms with Crippen molar-refractivity contribution in [3.05, 3.63) is 105 Å². The van der Waals surface area contributed by atoms with E-state index in [9.17, 15) is 14.4 Å². The van der Waals surface area contributed by atoms with Crippen molar-refractivity contribution in [3.8, 4) is 0 Å². The van der Waals surface area contributed by atoms with Crippen LogP contribution in [0.2, 0.25) is 0 Å². The van der Waals surface area contributed by atoms with E-state index in [2.05, 4.69) is 5.32 Å². The summed E-state index contributed by atoms with van der Waals surface area (Å²) in [7, 11) is 0. The number of ether oxygens (including phenoxy) is 3. The molecule has 8 nitrogen and oxygen atoms in total. The molecule has 2 saturated heterocycles. The second-order valence-corrected chi connectivity index (χ2v) is 11.3. The van der Waals surface area contributed by atoms with Crippen LogP contribution in [0.15, 0.2) is 89.2 Å². The Bertz CT molecular complexity index is 1320. The summed E-state index contributed by atoms with van der Waals surface area (Å²) in [6.45, 7) is 0.785. The number of hydrogen-bond acceptors (Lipinski definition) is 8. The third-order valence-electron chi connectivity index (χ3n) is 6.80. The molecule has 2 unspecified atom stereocenters. The predicted molar refractivity (Wildman–Crippen MR) is 147 cm³/mol. The molecule has 0 aliphatic carbocycles. The van der Waals surface area contributed by atoms with Crippen LogP contribution in [0.5, 0.6) is 0 Å². The summed E-state index contributed by atoms with van der Waals surface area (Å²) in [5.41, 5.74) is 2.15. The Labute approximate surface area is 233 Å². The van der Waals surface area contributed by atoms with Crippen molar-refractivity contribution in [3.63, 3.8) is 0 Å². The van der Waals surface area contributed by atoms with E-state index in [-0.39, 0.29) is 18.2 Å². The van der Waals surface area contributed by atoms with Gasteiger partial charge in [0.05, 0.1) is 19.6 Å². The Kier molecular flexibility index (Phi) is 7.51. The average molecular weight is 563 g/mol. The molecule has 3 atom stereocenters. The van der Waals surface area contributed by atoms with Gasteiger partial charge in [0.2, 0.25) is 11.8 Å². The normalized spacial score (nSPS) is 22.7. The topological polar surface area (TPSA) is 94.2 Å². The number of rotatable bonds is 8. The number of esters is 1. The number of thiophene rings is 1. The monoisotopic (exact) mass is 562 g/mol. The lowest BCUT2D eigenvalue weighted by Gasteiger charge is -2.52. The summed E-state index contributed by atoms with van der Waals surface area (Å²) in [6.07, 6.45) is -1.22. The Balaban J connectivity index is 1.26. The standard InChI is InChI=1S/C29H26N2O6S2/c32-22(16-20-12-7-15-38-20)30-23-26(33)31-24(21(17-39-27(23)31)29-35-13-14-36-29)28(34)37-25(18-8-3-1-4-9-18)19-10-5-2-6-11-19/h1-12,15,17,23-25,27,29H,13-14,16H2,(H,30,32)/t23?,24?,27-/m1/s1. The molecule has 0 saturated carbocycles. The largest absolute Gasteiger partial charge is 0.451 e. The van der Waals surface area contributed by atoms with Crippen LogP contribution in [0.3, 0.4) is 0 Å². The summed E-state index contributed by atoms with van der Waals surface area (Å²) in [5, 5.41) is 6.13. The number of carbonyl (C=O) groups is 3. The molecule has 1 N–H and O–H groups in total. The molecule has 0 radical (unpaired) electrons. The van der Waals surface area contributed by atoms with Gasteiger partial charge in [0.15, 0.2) is 18.4 Å². The number of benzene rings is 2. The maximum absolute atomic E-state index is 13.9. The highest BCUT2D eigenvalue weighted by molar-refractivity contribution is 8.03. The van der Waals surface area contributed by atoms with E-state index < -0.39 is 35.8 Å². The third kappa shape index (κ3) is 5.25. The van der Waals surface area contributed by atoms with E-state index in [1.165, 1.54) is 28.0 Å². The molecular formula is C29H26N2O6S2. The van der Waals surface area contributed by atoms with Crippen LogP contribution < -0.4 is 5.32 Å². The van der Waals surface area contributed by atoms with Crippen molar-refractivity contribution in [1.29, 1.82) is 0 Å². The molecule has 3 aliphatic rings. The fourth-order valence-electron chi connectivity index (χ4n) is 4.96. The van der Waals surface area contributed by atoms with E-state index in [0.29, 0.717) is 18.8 Å². The first-order valence-corrected chi connectivity index (χ1v) is 14.5. The van der Waals surface area contributed by atoms with Crippen LogP contribution >= 0.6 is 23.1 Å². The molecule has 39 heavy (non-hydrogen) atoms. The van der Waals surface area contributed by atoms with Gasteiger partial charge in [0.1, 0.15) is 11.4 Å². The van der Waals surface area contributed by atoms with E-state index in [0.717, 1.165) is 16.0 Å². The average Bonchev–Trinajstić information content (AvgIpc) is 3.70. The number of nitrogens with one attached hydrogen (secondary N) is 1. The van der Waals surface area contributed by atoms with Crippen molar-refractivity contribution in [2.45, 2.75) is 36.3 Å². The van der Waals surface area contributed by atoms with Crippen LogP contribution in [0.25, 0.3) is 0 Å². The number of hydrogen-bond donors (Lipinski definition) is 1. The molecule has 2 amide bonds. The van der Waals surface area contributed by atoms with Crippen LogP contribution in [0.1, 0.15) is 22.1 Å². The van der Waals surface area contributed by atoms with Gasteiger partial charge < -0.3 is 24.4 Å². The molecular weight excluding hydrogens is 536 g/mol. The smallest absolute Gasteiger partial charge is 0.334 e. The SMILES string of the molecule is O=C(Cc1cccs1)NC1C(=O)N2C(C(=O)OC(c3ccccc3)c3ccccc3)C(C3OCCO3)=CS[C@H]12. The van der Waals surface area contributed by atoms with Gasteiger partial charge in [-0.1, -0.05) is 66.7 Å². The quantitative estimate of drug-likeness (QED) is 0.331. The lowest BCUT2D eigenvalue weighted by atomic mass is 9.96. The number of thioether (sulfide) groups is 1. The van der Waals surface area contributed by atoms with Crippen molar-refractivity contribution in [2.75, 3.05) is 13.2 Å². The third-order valence-corrected chi connectivity index (χ3v) is 8.87. The van der Waals surface area contributed by atoms with Crippen LogP contribution in [0, 0.1) is 0 Å². The Morgan fingerprint density at radius 1 is 0.974 bits per heavy atom. The Morgan fingerprint density at radius 3 is 2.26 bits per heavy atom. The van der Waals surface area contributed by atoms with E-state index in [1.54, 1.807) is 0 Å². The molecule has 0 spiro atoms. The second kappa shape index (κ2) is 11.4. The van der Waals surface area contributed by atoms with E-state index in [1.807, 2.05) is 83.6 Å². The number of amides is 2. The summed E-state index contributed by atoms with van der Waals surface area (Å²) in [5.74, 6) is -1.16.